The highest BCUT2D eigenvalue weighted by Gasteiger charge is 2.35. The minimum atomic E-state index is 0. The smallest absolute Gasteiger partial charge is 0.191 e. The van der Waals surface area contributed by atoms with Gasteiger partial charge in [0.25, 0.3) is 0 Å². The molecule has 0 amide bonds. The predicted molar refractivity (Wildman–Crippen MR) is 117 cm³/mol. The van der Waals surface area contributed by atoms with Crippen molar-refractivity contribution in [2.75, 3.05) is 26.5 Å². The van der Waals surface area contributed by atoms with Gasteiger partial charge in [-0.25, -0.2) is 0 Å². The number of nitrogens with zero attached hydrogens (tertiary/aromatic N) is 1. The second kappa shape index (κ2) is 10.5. The maximum atomic E-state index is 6.08. The SMILES string of the molecule is CN=C(NCC1CCCOC1C(C)(C)C)NC1CCC(SC)C1.I. The standard InChI is InChI=1S/C18H35N3OS.HI/c1-18(2,3)16-13(7-6-10-22-16)12-20-17(19-4)21-14-8-9-15(11-14)23-5;/h13-16H,6-12H2,1-5H3,(H2,19,20,21);1H. The van der Waals surface area contributed by atoms with Gasteiger partial charge < -0.3 is 15.4 Å². The van der Waals surface area contributed by atoms with Crippen LogP contribution in [-0.2, 0) is 4.74 Å². The molecule has 1 aliphatic heterocycles. The van der Waals surface area contributed by atoms with E-state index in [9.17, 15) is 0 Å². The van der Waals surface area contributed by atoms with E-state index in [2.05, 4.69) is 42.7 Å². The van der Waals surface area contributed by atoms with Gasteiger partial charge in [0, 0.05) is 37.4 Å². The first kappa shape index (κ1) is 22.4. The number of guanidine groups is 1. The molecule has 0 aromatic rings. The maximum Gasteiger partial charge on any atom is 0.191 e. The number of nitrogens with one attached hydrogen (secondary N) is 2. The Hall–Kier alpha value is 0.310. The molecule has 2 N–H and O–H groups in total. The molecule has 2 rings (SSSR count). The van der Waals surface area contributed by atoms with Crippen molar-refractivity contribution in [2.24, 2.45) is 16.3 Å². The number of halogens is 1. The summed E-state index contributed by atoms with van der Waals surface area (Å²) in [5.74, 6) is 1.51. The van der Waals surface area contributed by atoms with E-state index in [1.165, 1.54) is 32.1 Å². The fraction of sp³-hybridized carbons (Fsp3) is 0.944. The molecule has 0 aromatic heterocycles. The van der Waals surface area contributed by atoms with Gasteiger partial charge in [0.15, 0.2) is 5.96 Å². The number of hydrogen-bond acceptors (Lipinski definition) is 3. The van der Waals surface area contributed by atoms with Crippen molar-refractivity contribution in [1.82, 2.24) is 10.6 Å². The Kier molecular flexibility index (Phi) is 9.74. The molecule has 0 radical (unpaired) electrons. The van der Waals surface area contributed by atoms with Gasteiger partial charge in [-0.2, -0.15) is 11.8 Å². The Balaban J connectivity index is 0.00000288. The third kappa shape index (κ3) is 6.56. The van der Waals surface area contributed by atoms with Crippen molar-refractivity contribution in [2.45, 2.75) is 70.3 Å². The highest BCUT2D eigenvalue weighted by atomic mass is 127. The van der Waals surface area contributed by atoms with Crippen molar-refractivity contribution < 1.29 is 4.74 Å². The zero-order valence-corrected chi connectivity index (χ0v) is 19.1. The molecule has 2 fully saturated rings. The molecule has 0 bridgehead atoms. The quantitative estimate of drug-likeness (QED) is 0.373. The van der Waals surface area contributed by atoms with E-state index in [0.29, 0.717) is 18.1 Å². The summed E-state index contributed by atoms with van der Waals surface area (Å²) >= 11 is 1.99. The molecule has 4 nitrogen and oxygen atoms in total. The maximum absolute atomic E-state index is 6.08. The molecule has 4 unspecified atom stereocenters. The summed E-state index contributed by atoms with van der Waals surface area (Å²) in [7, 11) is 1.87. The van der Waals surface area contributed by atoms with Gasteiger partial charge in [-0.3, -0.25) is 4.99 Å². The molecular formula is C18H36IN3OS. The molecule has 6 heteroatoms. The fourth-order valence-corrected chi connectivity index (χ4v) is 4.71. The third-order valence-corrected chi connectivity index (χ3v) is 6.21. The van der Waals surface area contributed by atoms with E-state index >= 15 is 0 Å². The predicted octanol–water partition coefficient (Wildman–Crippen LogP) is 3.89. The second-order valence-corrected chi connectivity index (χ2v) is 9.16. The molecule has 1 saturated carbocycles. The van der Waals surface area contributed by atoms with Crippen LogP contribution in [0.15, 0.2) is 4.99 Å². The Labute approximate surface area is 169 Å². The van der Waals surface area contributed by atoms with Crippen LogP contribution in [-0.4, -0.2) is 49.8 Å². The highest BCUT2D eigenvalue weighted by Crippen LogP contribution is 2.33. The first-order valence-corrected chi connectivity index (χ1v) is 10.3. The minimum absolute atomic E-state index is 0. The van der Waals surface area contributed by atoms with E-state index in [4.69, 9.17) is 4.74 Å². The van der Waals surface area contributed by atoms with Crippen LogP contribution in [0.3, 0.4) is 0 Å². The first-order valence-electron chi connectivity index (χ1n) is 9.05. The molecule has 4 atom stereocenters. The van der Waals surface area contributed by atoms with Crippen molar-refractivity contribution in [3.05, 3.63) is 0 Å². The van der Waals surface area contributed by atoms with E-state index in [0.717, 1.165) is 24.4 Å². The molecule has 0 aromatic carbocycles. The van der Waals surface area contributed by atoms with Crippen LogP contribution in [0.5, 0.6) is 0 Å². The van der Waals surface area contributed by atoms with Crippen LogP contribution in [0.25, 0.3) is 0 Å². The Morgan fingerprint density at radius 3 is 2.58 bits per heavy atom. The average molecular weight is 469 g/mol. The number of hydrogen-bond donors (Lipinski definition) is 2. The van der Waals surface area contributed by atoms with Crippen LogP contribution in [0.1, 0.15) is 52.9 Å². The van der Waals surface area contributed by atoms with Crippen LogP contribution in [0.2, 0.25) is 0 Å². The first-order chi connectivity index (χ1) is 10.9. The zero-order valence-electron chi connectivity index (χ0n) is 15.9. The van der Waals surface area contributed by atoms with E-state index in [1.807, 2.05) is 18.8 Å². The average Bonchev–Trinajstić information content (AvgIpc) is 2.98. The van der Waals surface area contributed by atoms with Crippen molar-refractivity contribution in [3.63, 3.8) is 0 Å². The normalized spacial score (nSPS) is 31.5. The lowest BCUT2D eigenvalue weighted by atomic mass is 9.78. The lowest BCUT2D eigenvalue weighted by molar-refractivity contribution is -0.0835. The largest absolute Gasteiger partial charge is 0.377 e. The summed E-state index contributed by atoms with van der Waals surface area (Å²) < 4.78 is 6.08. The van der Waals surface area contributed by atoms with Gasteiger partial charge in [0.05, 0.1) is 6.10 Å². The number of ether oxygens (including phenoxy) is 1. The summed E-state index contributed by atoms with van der Waals surface area (Å²) in [6.45, 7) is 8.70. The van der Waals surface area contributed by atoms with Crippen molar-refractivity contribution >= 4 is 41.7 Å². The summed E-state index contributed by atoms with van der Waals surface area (Å²) in [6, 6.07) is 0.569. The number of rotatable bonds is 4. The van der Waals surface area contributed by atoms with Crippen LogP contribution in [0.4, 0.5) is 0 Å². The fourth-order valence-electron chi connectivity index (χ4n) is 3.91. The summed E-state index contributed by atoms with van der Waals surface area (Å²) in [6.07, 6.45) is 8.78. The lowest BCUT2D eigenvalue weighted by Gasteiger charge is -2.40. The minimum Gasteiger partial charge on any atom is -0.377 e. The Bertz CT molecular complexity index is 400. The lowest BCUT2D eigenvalue weighted by Crippen LogP contribution is -2.49. The molecule has 1 heterocycles. The van der Waals surface area contributed by atoms with Crippen LogP contribution >= 0.6 is 35.7 Å². The topological polar surface area (TPSA) is 45.7 Å². The Morgan fingerprint density at radius 1 is 1.25 bits per heavy atom. The summed E-state index contributed by atoms with van der Waals surface area (Å²) in [4.78, 5) is 4.42. The Morgan fingerprint density at radius 2 is 2.00 bits per heavy atom. The molecule has 142 valence electrons. The molecule has 2 aliphatic rings. The van der Waals surface area contributed by atoms with Gasteiger partial charge in [-0.1, -0.05) is 20.8 Å². The molecule has 0 spiro atoms. The van der Waals surface area contributed by atoms with Gasteiger partial charge in [0.1, 0.15) is 0 Å². The van der Waals surface area contributed by atoms with Crippen LogP contribution < -0.4 is 10.6 Å². The van der Waals surface area contributed by atoms with E-state index in [1.54, 1.807) is 0 Å². The molecular weight excluding hydrogens is 433 g/mol. The summed E-state index contributed by atoms with van der Waals surface area (Å²) in [5.41, 5.74) is 0.195. The van der Waals surface area contributed by atoms with Crippen LogP contribution in [0, 0.1) is 11.3 Å². The van der Waals surface area contributed by atoms with Gasteiger partial charge >= 0.3 is 0 Å². The van der Waals surface area contributed by atoms with Gasteiger partial charge in [-0.15, -0.1) is 24.0 Å². The third-order valence-electron chi connectivity index (χ3n) is 5.11. The van der Waals surface area contributed by atoms with E-state index < -0.39 is 0 Å². The number of thioether (sulfide) groups is 1. The summed E-state index contributed by atoms with van der Waals surface area (Å²) in [5, 5.41) is 7.97. The van der Waals surface area contributed by atoms with Crippen molar-refractivity contribution in [1.29, 1.82) is 0 Å². The zero-order chi connectivity index (χ0) is 16.9. The number of aliphatic imine (C=N–C) groups is 1. The molecule has 24 heavy (non-hydrogen) atoms. The van der Waals surface area contributed by atoms with Gasteiger partial charge in [0.2, 0.25) is 0 Å². The molecule has 1 saturated heterocycles. The molecule has 1 aliphatic carbocycles. The monoisotopic (exact) mass is 469 g/mol. The van der Waals surface area contributed by atoms with E-state index in [-0.39, 0.29) is 29.4 Å². The highest BCUT2D eigenvalue weighted by molar-refractivity contribution is 14.0. The second-order valence-electron chi connectivity index (χ2n) is 8.02. The van der Waals surface area contributed by atoms with Gasteiger partial charge in [-0.05, 0) is 43.8 Å². The van der Waals surface area contributed by atoms with Crippen molar-refractivity contribution in [3.8, 4) is 0 Å².